The summed E-state index contributed by atoms with van der Waals surface area (Å²) in [5, 5.41) is 2.94. The fraction of sp³-hybridized carbons (Fsp3) is 0.296. The van der Waals surface area contributed by atoms with Gasteiger partial charge in [-0.1, -0.05) is 36.4 Å². The standard InChI is InChI=1S/C27H27F3N2O/c1-18-11-21(7-10-26(18)30)22-13-23(27(33)31-14-20-3-2-4-25(29)12-20)17-32(16-22)15-19-5-8-24(28)9-6-19/h2-12,22-23H,13-17H2,1H3,(H,31,33)/t22-,23+/m1/s1. The molecule has 0 spiro atoms. The van der Waals surface area contributed by atoms with Gasteiger partial charge >= 0.3 is 0 Å². The fourth-order valence-electron chi connectivity index (χ4n) is 4.50. The molecule has 0 bridgehead atoms. The Kier molecular flexibility index (Phi) is 7.14. The number of aryl methyl sites for hydroxylation is 1. The van der Waals surface area contributed by atoms with Gasteiger partial charge in [-0.2, -0.15) is 0 Å². The van der Waals surface area contributed by atoms with Gasteiger partial charge in [-0.05, 0) is 71.8 Å². The van der Waals surface area contributed by atoms with Crippen molar-refractivity contribution in [2.24, 2.45) is 5.92 Å². The number of halogens is 3. The highest BCUT2D eigenvalue weighted by Gasteiger charge is 2.32. The Morgan fingerprint density at radius 3 is 2.45 bits per heavy atom. The molecule has 3 aromatic carbocycles. The van der Waals surface area contributed by atoms with Crippen molar-refractivity contribution in [2.45, 2.75) is 32.4 Å². The van der Waals surface area contributed by atoms with Crippen LogP contribution in [0.25, 0.3) is 0 Å². The minimum absolute atomic E-state index is 0.0587. The quantitative estimate of drug-likeness (QED) is 0.548. The molecule has 0 radical (unpaired) electrons. The highest BCUT2D eigenvalue weighted by Crippen LogP contribution is 2.32. The van der Waals surface area contributed by atoms with E-state index in [2.05, 4.69) is 10.2 Å². The zero-order valence-electron chi connectivity index (χ0n) is 18.5. The van der Waals surface area contributed by atoms with Gasteiger partial charge in [0.25, 0.3) is 0 Å². The second-order valence-electron chi connectivity index (χ2n) is 8.81. The zero-order chi connectivity index (χ0) is 23.4. The van der Waals surface area contributed by atoms with Crippen molar-refractivity contribution in [3.8, 4) is 0 Å². The summed E-state index contributed by atoms with van der Waals surface area (Å²) in [4.78, 5) is 15.2. The van der Waals surface area contributed by atoms with E-state index in [1.807, 2.05) is 6.07 Å². The van der Waals surface area contributed by atoms with E-state index in [0.717, 1.165) is 17.7 Å². The number of rotatable bonds is 6. The van der Waals surface area contributed by atoms with Gasteiger partial charge < -0.3 is 5.32 Å². The van der Waals surface area contributed by atoms with Gasteiger partial charge in [0.2, 0.25) is 5.91 Å². The summed E-state index contributed by atoms with van der Waals surface area (Å²) in [6.45, 7) is 3.86. The molecule has 1 aliphatic rings. The molecular weight excluding hydrogens is 425 g/mol. The molecule has 3 aromatic rings. The Morgan fingerprint density at radius 2 is 1.73 bits per heavy atom. The van der Waals surface area contributed by atoms with Crippen molar-refractivity contribution in [1.29, 1.82) is 0 Å². The van der Waals surface area contributed by atoms with Crippen LogP contribution in [0.4, 0.5) is 13.2 Å². The number of carbonyl (C=O) groups excluding carboxylic acids is 1. The highest BCUT2D eigenvalue weighted by atomic mass is 19.1. The maximum absolute atomic E-state index is 13.8. The van der Waals surface area contributed by atoms with E-state index in [1.165, 1.54) is 30.3 Å². The van der Waals surface area contributed by atoms with E-state index >= 15 is 0 Å². The van der Waals surface area contributed by atoms with E-state index in [-0.39, 0.29) is 41.7 Å². The Balaban J connectivity index is 1.50. The summed E-state index contributed by atoms with van der Waals surface area (Å²) in [7, 11) is 0. The van der Waals surface area contributed by atoms with Crippen LogP contribution in [-0.4, -0.2) is 23.9 Å². The number of hydrogen-bond donors (Lipinski definition) is 1. The Hall–Kier alpha value is -3.12. The smallest absolute Gasteiger partial charge is 0.224 e. The Morgan fingerprint density at radius 1 is 0.939 bits per heavy atom. The summed E-state index contributed by atoms with van der Waals surface area (Å²) in [6.07, 6.45) is 0.639. The number of nitrogens with one attached hydrogen (secondary N) is 1. The highest BCUT2D eigenvalue weighted by molar-refractivity contribution is 5.79. The second-order valence-corrected chi connectivity index (χ2v) is 8.81. The lowest BCUT2D eigenvalue weighted by Crippen LogP contribution is -2.45. The van der Waals surface area contributed by atoms with E-state index < -0.39 is 0 Å². The average Bonchev–Trinajstić information content (AvgIpc) is 2.80. The number of benzene rings is 3. The maximum Gasteiger partial charge on any atom is 0.224 e. The number of amides is 1. The first kappa shape index (κ1) is 23.1. The van der Waals surface area contributed by atoms with Gasteiger partial charge in [0.1, 0.15) is 17.5 Å². The molecule has 172 valence electrons. The monoisotopic (exact) mass is 452 g/mol. The lowest BCUT2D eigenvalue weighted by Gasteiger charge is -2.37. The van der Waals surface area contributed by atoms with Gasteiger partial charge in [-0.3, -0.25) is 9.69 Å². The molecule has 3 nitrogen and oxygen atoms in total. The summed E-state index contributed by atoms with van der Waals surface area (Å²) in [6, 6.07) is 17.7. The van der Waals surface area contributed by atoms with Gasteiger partial charge in [-0.15, -0.1) is 0 Å². The molecule has 33 heavy (non-hydrogen) atoms. The molecular formula is C27H27F3N2O. The molecule has 4 rings (SSSR count). The maximum atomic E-state index is 13.8. The van der Waals surface area contributed by atoms with Crippen LogP contribution >= 0.6 is 0 Å². The lowest BCUT2D eigenvalue weighted by atomic mass is 9.83. The molecule has 0 aliphatic carbocycles. The predicted octanol–water partition coefficient (Wildman–Crippen LogP) is 5.33. The topological polar surface area (TPSA) is 32.3 Å². The van der Waals surface area contributed by atoms with Crippen LogP contribution in [0.2, 0.25) is 0 Å². The zero-order valence-corrected chi connectivity index (χ0v) is 18.5. The van der Waals surface area contributed by atoms with Crippen LogP contribution in [-0.2, 0) is 17.9 Å². The van der Waals surface area contributed by atoms with E-state index in [9.17, 15) is 18.0 Å². The van der Waals surface area contributed by atoms with Gasteiger partial charge in [0, 0.05) is 26.2 Å². The Bertz CT molecular complexity index is 1120. The SMILES string of the molecule is Cc1cc([C@@H]2C[C@H](C(=O)NCc3cccc(F)c3)CN(Cc3ccc(F)cc3)C2)ccc1F. The lowest BCUT2D eigenvalue weighted by molar-refractivity contribution is -0.127. The van der Waals surface area contributed by atoms with Crippen molar-refractivity contribution in [2.75, 3.05) is 13.1 Å². The van der Waals surface area contributed by atoms with Crippen molar-refractivity contribution in [3.63, 3.8) is 0 Å². The molecule has 1 saturated heterocycles. The van der Waals surface area contributed by atoms with Crippen LogP contribution in [0, 0.1) is 30.3 Å². The number of likely N-dealkylation sites (tertiary alicyclic amines) is 1. The van der Waals surface area contributed by atoms with Gasteiger partial charge in [-0.25, -0.2) is 13.2 Å². The molecule has 0 saturated carbocycles. The third-order valence-electron chi connectivity index (χ3n) is 6.23. The van der Waals surface area contributed by atoms with Crippen molar-refractivity contribution >= 4 is 5.91 Å². The van der Waals surface area contributed by atoms with Crippen molar-refractivity contribution in [3.05, 3.63) is 106 Å². The predicted molar refractivity (Wildman–Crippen MR) is 122 cm³/mol. The van der Waals surface area contributed by atoms with Crippen LogP contribution in [0.3, 0.4) is 0 Å². The summed E-state index contributed by atoms with van der Waals surface area (Å²) >= 11 is 0. The van der Waals surface area contributed by atoms with Crippen LogP contribution in [0.5, 0.6) is 0 Å². The first-order valence-corrected chi connectivity index (χ1v) is 11.1. The van der Waals surface area contributed by atoms with Gasteiger partial charge in [0.15, 0.2) is 0 Å². The largest absolute Gasteiger partial charge is 0.352 e. The first-order chi connectivity index (χ1) is 15.9. The molecule has 1 heterocycles. The summed E-state index contributed by atoms with van der Waals surface area (Å²) < 4.78 is 40.6. The molecule has 0 aromatic heterocycles. The van der Waals surface area contributed by atoms with Crippen molar-refractivity contribution < 1.29 is 18.0 Å². The third-order valence-corrected chi connectivity index (χ3v) is 6.23. The number of carbonyl (C=O) groups is 1. The minimum Gasteiger partial charge on any atom is -0.352 e. The fourth-order valence-corrected chi connectivity index (χ4v) is 4.50. The number of nitrogens with zero attached hydrogens (tertiary/aromatic N) is 1. The van der Waals surface area contributed by atoms with Crippen molar-refractivity contribution in [1.82, 2.24) is 10.2 Å². The number of hydrogen-bond acceptors (Lipinski definition) is 2. The molecule has 1 fully saturated rings. The average molecular weight is 453 g/mol. The normalized spacial score (nSPS) is 18.8. The van der Waals surface area contributed by atoms with E-state index in [1.54, 1.807) is 37.3 Å². The Labute approximate surface area is 192 Å². The molecule has 6 heteroatoms. The third kappa shape index (κ3) is 6.02. The van der Waals surface area contributed by atoms with Crippen LogP contribution in [0.15, 0.2) is 66.7 Å². The van der Waals surface area contributed by atoms with Crippen LogP contribution in [0.1, 0.15) is 34.6 Å². The van der Waals surface area contributed by atoms with E-state index in [0.29, 0.717) is 30.6 Å². The second kappa shape index (κ2) is 10.2. The molecule has 1 N–H and O–H groups in total. The van der Waals surface area contributed by atoms with E-state index in [4.69, 9.17) is 0 Å². The molecule has 0 unspecified atom stereocenters. The first-order valence-electron chi connectivity index (χ1n) is 11.1. The molecule has 1 aliphatic heterocycles. The summed E-state index contributed by atoms with van der Waals surface area (Å²) in [5.41, 5.74) is 3.25. The number of piperidine rings is 1. The minimum atomic E-state index is -0.336. The van der Waals surface area contributed by atoms with Crippen LogP contribution < -0.4 is 5.32 Å². The molecule has 1 amide bonds. The van der Waals surface area contributed by atoms with Gasteiger partial charge in [0.05, 0.1) is 5.92 Å². The molecule has 2 atom stereocenters. The summed E-state index contributed by atoms with van der Waals surface area (Å²) in [5.74, 6) is -1.18.